The van der Waals surface area contributed by atoms with Crippen molar-refractivity contribution >= 4 is 23.8 Å². The average molecular weight is 438 g/mol. The van der Waals surface area contributed by atoms with Gasteiger partial charge in [0, 0.05) is 50.9 Å². The molecule has 0 unspecified atom stereocenters. The fourth-order valence-electron chi connectivity index (χ4n) is 3.61. The number of benzene rings is 2. The van der Waals surface area contributed by atoms with Gasteiger partial charge in [-0.3, -0.25) is 14.5 Å². The van der Waals surface area contributed by atoms with Crippen LogP contribution in [0.5, 0.6) is 0 Å². The lowest BCUT2D eigenvalue weighted by Crippen LogP contribution is -2.27. The monoisotopic (exact) mass is 437 g/mol. The van der Waals surface area contributed by atoms with Gasteiger partial charge in [-0.1, -0.05) is 42.0 Å². The topological polar surface area (TPSA) is 57.2 Å². The number of carbonyl (C=O) groups is 1. The molecule has 7 heteroatoms. The van der Waals surface area contributed by atoms with Crippen molar-refractivity contribution in [1.29, 1.82) is 0 Å². The first-order valence-electron chi connectivity index (χ1n) is 10.7. The lowest BCUT2D eigenvalue weighted by atomic mass is 10.1. The lowest BCUT2D eigenvalue weighted by Gasteiger charge is -2.22. The number of amides is 1. The van der Waals surface area contributed by atoms with E-state index < -0.39 is 0 Å². The van der Waals surface area contributed by atoms with Gasteiger partial charge in [0.25, 0.3) is 0 Å². The Hall–Kier alpha value is -2.93. The molecule has 0 saturated carbocycles. The van der Waals surface area contributed by atoms with E-state index in [1.165, 1.54) is 11.3 Å². The summed E-state index contributed by atoms with van der Waals surface area (Å²) in [5.74, 6) is 0.832. The smallest absolute Gasteiger partial charge is 0.224 e. The van der Waals surface area contributed by atoms with E-state index >= 15 is 0 Å². The molecule has 1 amide bonds. The third-order valence-corrected chi connectivity index (χ3v) is 5.84. The van der Waals surface area contributed by atoms with E-state index in [0.717, 1.165) is 30.0 Å². The highest BCUT2D eigenvalue weighted by Crippen LogP contribution is 2.19. The Morgan fingerprint density at radius 1 is 1.06 bits per heavy atom. The van der Waals surface area contributed by atoms with Gasteiger partial charge in [0.15, 0.2) is 10.6 Å². The molecular formula is C24H31N5OS. The molecule has 0 aliphatic carbocycles. The normalized spacial score (nSPS) is 10.8. The molecular weight excluding hydrogens is 406 g/mol. The van der Waals surface area contributed by atoms with Crippen molar-refractivity contribution in [3.05, 3.63) is 64.4 Å². The Bertz CT molecular complexity index is 1050. The van der Waals surface area contributed by atoms with Crippen LogP contribution in [-0.2, 0) is 17.9 Å². The third kappa shape index (κ3) is 5.61. The Balaban J connectivity index is 1.62. The molecule has 6 nitrogen and oxygen atoms in total. The third-order valence-electron chi connectivity index (χ3n) is 5.53. The minimum atomic E-state index is 0.0748. The molecule has 164 valence electrons. The first-order chi connectivity index (χ1) is 14.9. The number of carbonyl (C=O) groups excluding carboxylic acids is 1. The summed E-state index contributed by atoms with van der Waals surface area (Å²) in [6.07, 6.45) is 0.362. The van der Waals surface area contributed by atoms with Crippen molar-refractivity contribution in [3.8, 4) is 11.4 Å². The molecule has 31 heavy (non-hydrogen) atoms. The number of nitrogens with zero attached hydrogens (tertiary/aromatic N) is 4. The summed E-state index contributed by atoms with van der Waals surface area (Å²) < 4.78 is 2.42. The SMILES string of the molecule is CCN(CC)c1ccc(CN(C)C(=O)CCn2c(-c3ccc(C)cc3)n[nH]c2=S)cc1. The van der Waals surface area contributed by atoms with Gasteiger partial charge >= 0.3 is 0 Å². The Morgan fingerprint density at radius 2 is 1.71 bits per heavy atom. The minimum absolute atomic E-state index is 0.0748. The van der Waals surface area contributed by atoms with Gasteiger partial charge in [0.2, 0.25) is 5.91 Å². The molecule has 1 heterocycles. The summed E-state index contributed by atoms with van der Waals surface area (Å²) in [5.41, 5.74) is 4.49. The quantitative estimate of drug-likeness (QED) is 0.488. The number of aryl methyl sites for hydroxylation is 1. The van der Waals surface area contributed by atoms with Crippen molar-refractivity contribution in [2.45, 2.75) is 40.3 Å². The molecule has 3 aromatic rings. The van der Waals surface area contributed by atoms with E-state index in [2.05, 4.69) is 53.2 Å². The van der Waals surface area contributed by atoms with Crippen LogP contribution in [0.3, 0.4) is 0 Å². The second kappa shape index (κ2) is 10.4. The average Bonchev–Trinajstić information content (AvgIpc) is 3.14. The number of H-pyrrole nitrogens is 1. The maximum Gasteiger partial charge on any atom is 0.224 e. The first kappa shape index (κ1) is 22.7. The standard InChI is InChI=1S/C24H31N5OS/c1-5-28(6-2)21-13-9-19(10-14-21)17-27(4)22(30)15-16-29-23(25-26-24(29)31)20-11-7-18(3)8-12-20/h7-14H,5-6,15-17H2,1-4H3,(H,26,31). The fourth-order valence-corrected chi connectivity index (χ4v) is 3.83. The second-order valence-corrected chi connectivity index (χ2v) is 8.10. The molecule has 2 aromatic carbocycles. The van der Waals surface area contributed by atoms with Crippen molar-refractivity contribution < 1.29 is 4.79 Å². The number of hydrogen-bond donors (Lipinski definition) is 1. The van der Waals surface area contributed by atoms with Gasteiger partial charge in [-0.2, -0.15) is 5.10 Å². The molecule has 0 radical (unpaired) electrons. The van der Waals surface area contributed by atoms with E-state index in [9.17, 15) is 4.79 Å². The van der Waals surface area contributed by atoms with E-state index in [1.54, 1.807) is 4.90 Å². The molecule has 0 fully saturated rings. The van der Waals surface area contributed by atoms with Crippen LogP contribution in [0, 0.1) is 11.7 Å². The minimum Gasteiger partial charge on any atom is -0.372 e. The maximum absolute atomic E-state index is 12.8. The number of aromatic nitrogens is 3. The van der Waals surface area contributed by atoms with Crippen molar-refractivity contribution in [2.75, 3.05) is 25.0 Å². The summed E-state index contributed by atoms with van der Waals surface area (Å²) in [4.78, 5) is 16.8. The zero-order valence-corrected chi connectivity index (χ0v) is 19.6. The van der Waals surface area contributed by atoms with Gasteiger partial charge in [-0.15, -0.1) is 0 Å². The van der Waals surface area contributed by atoms with E-state index in [4.69, 9.17) is 12.2 Å². The van der Waals surface area contributed by atoms with Gasteiger partial charge in [0.1, 0.15) is 0 Å². The lowest BCUT2D eigenvalue weighted by molar-refractivity contribution is -0.130. The van der Waals surface area contributed by atoms with Crippen LogP contribution in [0.1, 0.15) is 31.4 Å². The molecule has 0 atom stereocenters. The summed E-state index contributed by atoms with van der Waals surface area (Å²) in [5, 5.41) is 7.21. The maximum atomic E-state index is 12.8. The molecule has 0 spiro atoms. The number of nitrogens with one attached hydrogen (secondary N) is 1. The molecule has 1 aromatic heterocycles. The molecule has 3 rings (SSSR count). The molecule has 1 N–H and O–H groups in total. The Morgan fingerprint density at radius 3 is 2.32 bits per heavy atom. The number of rotatable bonds is 9. The Labute approximate surface area is 189 Å². The first-order valence-corrected chi connectivity index (χ1v) is 11.1. The fraction of sp³-hybridized carbons (Fsp3) is 0.375. The molecule has 0 bridgehead atoms. The highest BCUT2D eigenvalue weighted by atomic mass is 32.1. The number of anilines is 1. The van der Waals surface area contributed by atoms with Crippen LogP contribution in [0.4, 0.5) is 5.69 Å². The van der Waals surface area contributed by atoms with Crippen molar-refractivity contribution in [3.63, 3.8) is 0 Å². The molecule has 0 aliphatic heterocycles. The summed E-state index contributed by atoms with van der Waals surface area (Å²) >= 11 is 5.39. The predicted octanol–water partition coefficient (Wildman–Crippen LogP) is 4.81. The number of hydrogen-bond acceptors (Lipinski definition) is 4. The van der Waals surface area contributed by atoms with Gasteiger partial charge in [-0.05, 0) is 50.7 Å². The summed E-state index contributed by atoms with van der Waals surface area (Å²) in [6, 6.07) is 16.6. The Kier molecular flexibility index (Phi) is 7.63. The number of aromatic amines is 1. The van der Waals surface area contributed by atoms with Crippen LogP contribution < -0.4 is 4.90 Å². The van der Waals surface area contributed by atoms with Gasteiger partial charge in [-0.25, -0.2) is 0 Å². The predicted molar refractivity (Wildman–Crippen MR) is 129 cm³/mol. The van der Waals surface area contributed by atoms with Crippen LogP contribution in [0.15, 0.2) is 48.5 Å². The van der Waals surface area contributed by atoms with Crippen LogP contribution in [0.25, 0.3) is 11.4 Å². The van der Waals surface area contributed by atoms with Crippen molar-refractivity contribution in [1.82, 2.24) is 19.7 Å². The highest BCUT2D eigenvalue weighted by Gasteiger charge is 2.14. The van der Waals surface area contributed by atoms with E-state index in [0.29, 0.717) is 24.3 Å². The van der Waals surface area contributed by atoms with Gasteiger partial charge < -0.3 is 9.80 Å². The highest BCUT2D eigenvalue weighted by molar-refractivity contribution is 7.71. The zero-order valence-electron chi connectivity index (χ0n) is 18.8. The van der Waals surface area contributed by atoms with Crippen LogP contribution in [0.2, 0.25) is 0 Å². The summed E-state index contributed by atoms with van der Waals surface area (Å²) in [6.45, 7) is 9.39. The summed E-state index contributed by atoms with van der Waals surface area (Å²) in [7, 11) is 1.84. The van der Waals surface area contributed by atoms with Crippen LogP contribution >= 0.6 is 12.2 Å². The largest absolute Gasteiger partial charge is 0.372 e. The molecule has 0 aliphatic rings. The van der Waals surface area contributed by atoms with Crippen molar-refractivity contribution in [2.24, 2.45) is 0 Å². The van der Waals surface area contributed by atoms with E-state index in [1.807, 2.05) is 42.8 Å². The van der Waals surface area contributed by atoms with Crippen LogP contribution in [-0.4, -0.2) is 45.7 Å². The van der Waals surface area contributed by atoms with E-state index in [-0.39, 0.29) is 5.91 Å². The zero-order chi connectivity index (χ0) is 22.4. The molecule has 0 saturated heterocycles. The van der Waals surface area contributed by atoms with Gasteiger partial charge in [0.05, 0.1) is 0 Å². The second-order valence-electron chi connectivity index (χ2n) is 7.71.